The summed E-state index contributed by atoms with van der Waals surface area (Å²) in [5, 5.41) is 3.63. The van der Waals surface area contributed by atoms with Crippen LogP contribution in [-0.2, 0) is 0 Å². The lowest BCUT2D eigenvalue weighted by Crippen LogP contribution is -2.38. The molecule has 0 unspecified atom stereocenters. The summed E-state index contributed by atoms with van der Waals surface area (Å²) in [5.74, 6) is -0.630. The maximum Gasteiger partial charge on any atom is 0.257 e. The van der Waals surface area contributed by atoms with Crippen molar-refractivity contribution in [2.24, 2.45) is 0 Å². The lowest BCUT2D eigenvalue weighted by molar-refractivity contribution is 0.0713. The fourth-order valence-electron chi connectivity index (χ4n) is 3.96. The maximum atomic E-state index is 13.7. The second-order valence-electron chi connectivity index (χ2n) is 7.83. The van der Waals surface area contributed by atoms with E-state index >= 15 is 0 Å². The topological polar surface area (TPSA) is 45.2 Å². The quantitative estimate of drug-likeness (QED) is 0.425. The summed E-state index contributed by atoms with van der Waals surface area (Å²) >= 11 is 12.4. The predicted molar refractivity (Wildman–Crippen MR) is 123 cm³/mol. The van der Waals surface area contributed by atoms with Crippen LogP contribution in [0.4, 0.5) is 20.2 Å². The van der Waals surface area contributed by atoms with Gasteiger partial charge in [0, 0.05) is 24.8 Å². The van der Waals surface area contributed by atoms with Crippen molar-refractivity contribution in [2.75, 3.05) is 18.4 Å². The second-order valence-corrected chi connectivity index (χ2v) is 8.60. The van der Waals surface area contributed by atoms with Crippen LogP contribution in [0.2, 0.25) is 10.2 Å². The first-order valence-electron chi connectivity index (χ1n) is 10.3. The number of carbonyl (C=O) groups is 1. The molecule has 0 radical (unpaired) electrons. The highest BCUT2D eigenvalue weighted by Crippen LogP contribution is 2.34. The van der Waals surface area contributed by atoms with E-state index in [1.165, 1.54) is 36.5 Å². The van der Waals surface area contributed by atoms with Crippen LogP contribution in [0.15, 0.2) is 48.7 Å². The fourth-order valence-corrected chi connectivity index (χ4v) is 4.27. The van der Waals surface area contributed by atoms with E-state index in [0.29, 0.717) is 40.6 Å². The van der Waals surface area contributed by atoms with Gasteiger partial charge >= 0.3 is 0 Å². The molecule has 2 heterocycles. The van der Waals surface area contributed by atoms with Crippen LogP contribution >= 0.6 is 23.2 Å². The van der Waals surface area contributed by atoms with Crippen molar-refractivity contribution in [2.45, 2.75) is 25.7 Å². The number of hydrogen-bond acceptors (Lipinski definition) is 3. The third kappa shape index (κ3) is 4.71. The zero-order valence-corrected chi connectivity index (χ0v) is 18.9. The van der Waals surface area contributed by atoms with Gasteiger partial charge in [-0.05, 0) is 61.6 Å². The number of halogens is 4. The third-order valence-corrected chi connectivity index (χ3v) is 6.51. The van der Waals surface area contributed by atoms with E-state index in [1.807, 2.05) is 0 Å². The number of benzene rings is 2. The van der Waals surface area contributed by atoms with E-state index in [9.17, 15) is 13.6 Å². The van der Waals surface area contributed by atoms with Crippen molar-refractivity contribution in [1.82, 2.24) is 9.88 Å². The Hall–Kier alpha value is -2.70. The first kappa shape index (κ1) is 22.5. The molecule has 1 aromatic heterocycles. The molecule has 2 aromatic carbocycles. The molecule has 0 saturated carbocycles. The maximum absolute atomic E-state index is 13.7. The number of pyridine rings is 1. The summed E-state index contributed by atoms with van der Waals surface area (Å²) in [6, 6.07) is 10.5. The molecule has 0 aliphatic carbocycles. The second kappa shape index (κ2) is 9.43. The SMILES string of the molecule is Cc1c(Cl)ncc(C(=O)N2CCC(c3ccc(F)cc3)CC2)c1Nc1cc(F)ccc1Cl. The fraction of sp³-hybridized carbons (Fsp3) is 0.250. The normalized spacial score (nSPS) is 14.5. The van der Waals surface area contributed by atoms with Crippen molar-refractivity contribution < 1.29 is 13.6 Å². The standard InChI is InChI=1S/C24H21Cl2F2N3O/c1-14-22(30-21-12-18(28)6-7-20(21)25)19(13-29-23(14)26)24(32)31-10-8-16(9-11-31)15-2-4-17(27)5-3-15/h2-7,12-13,16H,8-11H2,1H3,(H,29,30). The zero-order valence-electron chi connectivity index (χ0n) is 17.3. The Kier molecular flexibility index (Phi) is 6.63. The van der Waals surface area contributed by atoms with E-state index in [4.69, 9.17) is 23.2 Å². The van der Waals surface area contributed by atoms with Gasteiger partial charge in [-0.1, -0.05) is 35.3 Å². The molecule has 1 fully saturated rings. The van der Waals surface area contributed by atoms with E-state index in [0.717, 1.165) is 18.4 Å². The lowest BCUT2D eigenvalue weighted by atomic mass is 9.89. The molecule has 1 saturated heterocycles. The molecule has 1 aliphatic heterocycles. The largest absolute Gasteiger partial charge is 0.353 e. The highest BCUT2D eigenvalue weighted by Gasteiger charge is 2.27. The Bertz CT molecular complexity index is 1150. The molecule has 3 aromatic rings. The van der Waals surface area contributed by atoms with Gasteiger partial charge in [-0.25, -0.2) is 13.8 Å². The summed E-state index contributed by atoms with van der Waals surface area (Å²) in [6.45, 7) is 2.86. The van der Waals surface area contributed by atoms with Gasteiger partial charge in [-0.15, -0.1) is 0 Å². The molecular formula is C24H21Cl2F2N3O. The monoisotopic (exact) mass is 475 g/mol. The van der Waals surface area contributed by atoms with Crippen molar-refractivity contribution in [3.8, 4) is 0 Å². The van der Waals surface area contributed by atoms with Gasteiger partial charge in [0.1, 0.15) is 16.8 Å². The number of piperidine rings is 1. The lowest BCUT2D eigenvalue weighted by Gasteiger charge is -2.33. The summed E-state index contributed by atoms with van der Waals surface area (Å²) in [7, 11) is 0. The molecule has 1 amide bonds. The van der Waals surface area contributed by atoms with Gasteiger partial charge < -0.3 is 10.2 Å². The van der Waals surface area contributed by atoms with Gasteiger partial charge in [0.15, 0.2) is 0 Å². The molecule has 0 atom stereocenters. The van der Waals surface area contributed by atoms with Crippen LogP contribution in [-0.4, -0.2) is 28.9 Å². The Morgan fingerprint density at radius 1 is 1.06 bits per heavy atom. The van der Waals surface area contributed by atoms with Crippen LogP contribution in [0.3, 0.4) is 0 Å². The highest BCUT2D eigenvalue weighted by molar-refractivity contribution is 6.33. The minimum atomic E-state index is -0.453. The van der Waals surface area contributed by atoms with Gasteiger partial charge in [0.05, 0.1) is 22.0 Å². The number of amides is 1. The van der Waals surface area contributed by atoms with Crippen LogP contribution in [0.5, 0.6) is 0 Å². The molecule has 166 valence electrons. The zero-order chi connectivity index (χ0) is 22.8. The Labute approximate surface area is 195 Å². The van der Waals surface area contributed by atoms with Crippen LogP contribution in [0, 0.1) is 18.6 Å². The first-order chi connectivity index (χ1) is 15.3. The highest BCUT2D eigenvalue weighted by atomic mass is 35.5. The smallest absolute Gasteiger partial charge is 0.257 e. The molecule has 0 spiro atoms. The molecule has 1 N–H and O–H groups in total. The Morgan fingerprint density at radius 3 is 2.41 bits per heavy atom. The number of likely N-dealkylation sites (tertiary alicyclic amines) is 1. The van der Waals surface area contributed by atoms with Crippen molar-refractivity contribution >= 4 is 40.5 Å². The van der Waals surface area contributed by atoms with Crippen molar-refractivity contribution in [1.29, 1.82) is 0 Å². The molecule has 8 heteroatoms. The van der Waals surface area contributed by atoms with Gasteiger partial charge in [0.2, 0.25) is 0 Å². The van der Waals surface area contributed by atoms with Gasteiger partial charge in [-0.3, -0.25) is 4.79 Å². The average molecular weight is 476 g/mol. The molecule has 0 bridgehead atoms. The molecular weight excluding hydrogens is 455 g/mol. The first-order valence-corrected chi connectivity index (χ1v) is 11.0. The van der Waals surface area contributed by atoms with E-state index < -0.39 is 5.82 Å². The van der Waals surface area contributed by atoms with Gasteiger partial charge in [0.25, 0.3) is 5.91 Å². The number of carbonyl (C=O) groups excluding carboxylic acids is 1. The minimum Gasteiger partial charge on any atom is -0.353 e. The molecule has 1 aliphatic rings. The Balaban J connectivity index is 1.56. The number of nitrogens with zero attached hydrogens (tertiary/aromatic N) is 2. The number of aromatic nitrogens is 1. The molecule has 4 nitrogen and oxygen atoms in total. The van der Waals surface area contributed by atoms with E-state index in [-0.39, 0.29) is 22.8 Å². The van der Waals surface area contributed by atoms with Crippen molar-refractivity contribution in [3.05, 3.63) is 87.2 Å². The average Bonchev–Trinajstić information content (AvgIpc) is 2.79. The Morgan fingerprint density at radius 2 is 1.72 bits per heavy atom. The number of anilines is 2. The van der Waals surface area contributed by atoms with Crippen LogP contribution in [0.1, 0.15) is 40.2 Å². The number of nitrogens with one attached hydrogen (secondary N) is 1. The van der Waals surface area contributed by atoms with Crippen molar-refractivity contribution in [3.63, 3.8) is 0 Å². The molecule has 4 rings (SSSR count). The van der Waals surface area contributed by atoms with Crippen LogP contribution < -0.4 is 5.32 Å². The summed E-state index contributed by atoms with van der Waals surface area (Å²) < 4.78 is 27.0. The van der Waals surface area contributed by atoms with Gasteiger partial charge in [-0.2, -0.15) is 0 Å². The summed E-state index contributed by atoms with van der Waals surface area (Å²) in [6.07, 6.45) is 2.98. The predicted octanol–water partition coefficient (Wildman–Crippen LogP) is 6.74. The minimum absolute atomic E-state index is 0.190. The summed E-state index contributed by atoms with van der Waals surface area (Å²) in [4.78, 5) is 19.3. The van der Waals surface area contributed by atoms with Crippen LogP contribution in [0.25, 0.3) is 0 Å². The number of rotatable bonds is 4. The molecule has 32 heavy (non-hydrogen) atoms. The summed E-state index contributed by atoms with van der Waals surface area (Å²) in [5.41, 5.74) is 2.77. The van der Waals surface area contributed by atoms with E-state index in [1.54, 1.807) is 24.0 Å². The van der Waals surface area contributed by atoms with E-state index in [2.05, 4.69) is 10.3 Å². The number of hydrogen-bond donors (Lipinski definition) is 1. The third-order valence-electron chi connectivity index (χ3n) is 5.80.